The van der Waals surface area contributed by atoms with Gasteiger partial charge in [-0.3, -0.25) is 4.79 Å². The quantitative estimate of drug-likeness (QED) is 0.494. The van der Waals surface area contributed by atoms with Crippen LogP contribution in [0.5, 0.6) is 0 Å². The zero-order chi connectivity index (χ0) is 14.1. The summed E-state index contributed by atoms with van der Waals surface area (Å²) in [6.45, 7) is 2.89. The van der Waals surface area contributed by atoms with Gasteiger partial charge in [0.15, 0.2) is 0 Å². The second-order valence-corrected chi connectivity index (χ2v) is 5.02. The van der Waals surface area contributed by atoms with Gasteiger partial charge in [0.25, 0.3) is 0 Å². The van der Waals surface area contributed by atoms with E-state index in [1.165, 1.54) is 0 Å². The highest BCUT2D eigenvalue weighted by Gasteiger charge is 2.03. The van der Waals surface area contributed by atoms with E-state index in [0.717, 1.165) is 24.1 Å². The van der Waals surface area contributed by atoms with Crippen molar-refractivity contribution >= 4 is 11.6 Å². The molecule has 106 valence electrons. The molecule has 1 amide bonds. The van der Waals surface area contributed by atoms with Crippen LogP contribution in [-0.4, -0.2) is 24.2 Å². The Hall–Kier alpha value is -1.55. The molecule has 0 aliphatic heterocycles. The molecule has 4 nitrogen and oxygen atoms in total. The Kier molecular flexibility index (Phi) is 6.97. The lowest BCUT2D eigenvalue weighted by atomic mass is 10.1. The Bertz CT molecular complexity index is 393. The lowest BCUT2D eigenvalue weighted by Crippen LogP contribution is -2.25. The van der Waals surface area contributed by atoms with Gasteiger partial charge in [-0.1, -0.05) is 19.1 Å². The van der Waals surface area contributed by atoms with Gasteiger partial charge in [0, 0.05) is 25.3 Å². The first-order valence-electron chi connectivity index (χ1n) is 6.83. The Balaban J connectivity index is 2.14. The Labute approximate surface area is 115 Å². The van der Waals surface area contributed by atoms with Crippen LogP contribution in [0.3, 0.4) is 0 Å². The van der Waals surface area contributed by atoms with E-state index in [4.69, 9.17) is 10.8 Å². The molecule has 19 heavy (non-hydrogen) atoms. The van der Waals surface area contributed by atoms with E-state index in [0.29, 0.717) is 25.3 Å². The number of hydrogen-bond donors (Lipinski definition) is 3. The summed E-state index contributed by atoms with van der Waals surface area (Å²) in [7, 11) is 0. The fraction of sp³-hybridized carbons (Fsp3) is 0.533. The number of aryl methyl sites for hydroxylation is 1. The summed E-state index contributed by atoms with van der Waals surface area (Å²) in [5.74, 6) is 0.378. The largest absolute Gasteiger partial charge is 0.399 e. The molecule has 1 aromatic rings. The molecule has 0 fully saturated rings. The minimum absolute atomic E-state index is 0.0686. The average molecular weight is 264 g/mol. The third kappa shape index (κ3) is 6.82. The summed E-state index contributed by atoms with van der Waals surface area (Å²) in [5.41, 5.74) is 7.50. The molecular formula is C15H24N2O2. The van der Waals surface area contributed by atoms with Crippen LogP contribution in [-0.2, 0) is 11.2 Å². The van der Waals surface area contributed by atoms with E-state index in [9.17, 15) is 4.79 Å². The van der Waals surface area contributed by atoms with Crippen LogP contribution in [0.2, 0.25) is 0 Å². The standard InChI is InChI=1S/C15H24N2O2/c1-12(11-18)4-3-9-17-15(19)8-7-13-5-2-6-14(16)10-13/h2,5-6,10,12,18H,3-4,7-9,11,16H2,1H3,(H,17,19). The van der Waals surface area contributed by atoms with Crippen molar-refractivity contribution in [1.82, 2.24) is 5.32 Å². The van der Waals surface area contributed by atoms with Gasteiger partial charge < -0.3 is 16.2 Å². The topological polar surface area (TPSA) is 75.3 Å². The first-order valence-corrected chi connectivity index (χ1v) is 6.83. The van der Waals surface area contributed by atoms with E-state index < -0.39 is 0 Å². The van der Waals surface area contributed by atoms with E-state index in [1.54, 1.807) is 0 Å². The number of anilines is 1. The maximum absolute atomic E-state index is 11.6. The molecule has 0 saturated heterocycles. The van der Waals surface area contributed by atoms with Crippen LogP contribution in [0.4, 0.5) is 5.69 Å². The smallest absolute Gasteiger partial charge is 0.220 e. The van der Waals surface area contributed by atoms with Crippen LogP contribution in [0, 0.1) is 5.92 Å². The van der Waals surface area contributed by atoms with Crippen molar-refractivity contribution in [2.75, 3.05) is 18.9 Å². The van der Waals surface area contributed by atoms with Crippen molar-refractivity contribution in [3.8, 4) is 0 Å². The molecule has 0 bridgehead atoms. The average Bonchev–Trinajstić information content (AvgIpc) is 2.41. The first-order chi connectivity index (χ1) is 9.11. The van der Waals surface area contributed by atoms with Crippen LogP contribution >= 0.6 is 0 Å². The van der Waals surface area contributed by atoms with Crippen molar-refractivity contribution in [1.29, 1.82) is 0 Å². The van der Waals surface area contributed by atoms with Crippen molar-refractivity contribution in [2.24, 2.45) is 5.92 Å². The first kappa shape index (κ1) is 15.5. The molecule has 0 saturated carbocycles. The van der Waals surface area contributed by atoms with Gasteiger partial charge in [-0.2, -0.15) is 0 Å². The van der Waals surface area contributed by atoms with Crippen LogP contribution in [0.1, 0.15) is 31.7 Å². The molecular weight excluding hydrogens is 240 g/mol. The fourth-order valence-corrected chi connectivity index (χ4v) is 1.86. The van der Waals surface area contributed by atoms with Crippen LogP contribution in [0.15, 0.2) is 24.3 Å². The molecule has 1 aromatic carbocycles. The molecule has 1 rings (SSSR count). The monoisotopic (exact) mass is 264 g/mol. The van der Waals surface area contributed by atoms with Gasteiger partial charge in [0.1, 0.15) is 0 Å². The zero-order valence-corrected chi connectivity index (χ0v) is 11.6. The predicted molar refractivity (Wildman–Crippen MR) is 77.7 cm³/mol. The molecule has 1 atom stereocenters. The number of nitrogen functional groups attached to an aromatic ring is 1. The minimum Gasteiger partial charge on any atom is -0.399 e. The maximum atomic E-state index is 11.6. The number of rotatable bonds is 8. The molecule has 0 aliphatic carbocycles. The maximum Gasteiger partial charge on any atom is 0.220 e. The highest BCUT2D eigenvalue weighted by atomic mass is 16.3. The number of amides is 1. The molecule has 0 radical (unpaired) electrons. The van der Waals surface area contributed by atoms with E-state index in [2.05, 4.69) is 5.32 Å². The number of benzene rings is 1. The second kappa shape index (κ2) is 8.53. The number of nitrogens with two attached hydrogens (primary N) is 1. The zero-order valence-electron chi connectivity index (χ0n) is 11.6. The van der Waals surface area contributed by atoms with Gasteiger partial charge in [-0.05, 0) is 42.9 Å². The Morgan fingerprint density at radius 3 is 2.95 bits per heavy atom. The van der Waals surface area contributed by atoms with Crippen molar-refractivity contribution < 1.29 is 9.90 Å². The van der Waals surface area contributed by atoms with Gasteiger partial charge in [0.2, 0.25) is 5.91 Å². The minimum atomic E-state index is 0.0686. The number of aliphatic hydroxyl groups excluding tert-OH is 1. The number of carbonyl (C=O) groups excluding carboxylic acids is 1. The van der Waals surface area contributed by atoms with Gasteiger partial charge in [-0.25, -0.2) is 0 Å². The summed E-state index contributed by atoms with van der Waals surface area (Å²) in [4.78, 5) is 11.6. The lowest BCUT2D eigenvalue weighted by Gasteiger charge is -2.08. The molecule has 0 aliphatic rings. The predicted octanol–water partition coefficient (Wildman–Crippen LogP) is 1.73. The SMILES string of the molecule is CC(CO)CCCNC(=O)CCc1cccc(N)c1. The van der Waals surface area contributed by atoms with Crippen molar-refractivity contribution in [3.05, 3.63) is 29.8 Å². The highest BCUT2D eigenvalue weighted by Crippen LogP contribution is 2.08. The Morgan fingerprint density at radius 1 is 1.47 bits per heavy atom. The molecule has 0 heterocycles. The summed E-state index contributed by atoms with van der Waals surface area (Å²) in [6.07, 6.45) is 3.04. The molecule has 4 heteroatoms. The summed E-state index contributed by atoms with van der Waals surface area (Å²) in [6, 6.07) is 7.62. The van der Waals surface area contributed by atoms with Crippen LogP contribution in [0.25, 0.3) is 0 Å². The third-order valence-corrected chi connectivity index (χ3v) is 3.10. The fourth-order valence-electron chi connectivity index (χ4n) is 1.86. The third-order valence-electron chi connectivity index (χ3n) is 3.10. The van der Waals surface area contributed by atoms with E-state index in [1.807, 2.05) is 31.2 Å². The normalized spacial score (nSPS) is 12.1. The van der Waals surface area contributed by atoms with Gasteiger partial charge in [-0.15, -0.1) is 0 Å². The Morgan fingerprint density at radius 2 is 2.26 bits per heavy atom. The van der Waals surface area contributed by atoms with Crippen LogP contribution < -0.4 is 11.1 Å². The number of carbonyl (C=O) groups is 1. The lowest BCUT2D eigenvalue weighted by molar-refractivity contribution is -0.121. The summed E-state index contributed by atoms with van der Waals surface area (Å²) >= 11 is 0. The number of aliphatic hydroxyl groups is 1. The molecule has 0 aromatic heterocycles. The van der Waals surface area contributed by atoms with Crippen molar-refractivity contribution in [2.45, 2.75) is 32.6 Å². The van der Waals surface area contributed by atoms with E-state index in [-0.39, 0.29) is 12.5 Å². The summed E-state index contributed by atoms with van der Waals surface area (Å²) in [5, 5.41) is 11.8. The van der Waals surface area contributed by atoms with E-state index >= 15 is 0 Å². The molecule has 0 spiro atoms. The second-order valence-electron chi connectivity index (χ2n) is 5.02. The van der Waals surface area contributed by atoms with Crippen molar-refractivity contribution in [3.63, 3.8) is 0 Å². The highest BCUT2D eigenvalue weighted by molar-refractivity contribution is 5.76. The van der Waals surface area contributed by atoms with Gasteiger partial charge >= 0.3 is 0 Å². The van der Waals surface area contributed by atoms with Gasteiger partial charge in [0.05, 0.1) is 0 Å². The summed E-state index contributed by atoms with van der Waals surface area (Å²) < 4.78 is 0. The molecule has 4 N–H and O–H groups in total. The number of hydrogen-bond acceptors (Lipinski definition) is 3. The number of nitrogens with one attached hydrogen (secondary N) is 1. The molecule has 1 unspecified atom stereocenters.